The number of benzene rings is 1. The van der Waals surface area contributed by atoms with E-state index in [0.717, 1.165) is 22.8 Å². The number of methoxy groups -OCH3 is 1. The van der Waals surface area contributed by atoms with Crippen molar-refractivity contribution in [2.75, 3.05) is 25.2 Å². The number of hydrogen-bond acceptors (Lipinski definition) is 3. The van der Waals surface area contributed by atoms with Gasteiger partial charge < -0.3 is 15.4 Å². The number of halogens is 1. The lowest BCUT2D eigenvalue weighted by molar-refractivity contribution is 0.204. The molecule has 0 unspecified atom stereocenters. The van der Waals surface area contributed by atoms with Gasteiger partial charge in [0.15, 0.2) is 0 Å². The Kier molecular flexibility index (Phi) is 5.75. The SMILES string of the molecule is COCCN(c1cccc(Cl)c1CN)C(C)C. The van der Waals surface area contributed by atoms with Crippen molar-refractivity contribution >= 4 is 17.3 Å². The van der Waals surface area contributed by atoms with E-state index in [1.807, 2.05) is 12.1 Å². The predicted octanol–water partition coefficient (Wildman–Crippen LogP) is 2.66. The molecule has 0 bridgehead atoms. The van der Waals surface area contributed by atoms with Gasteiger partial charge in [-0.3, -0.25) is 0 Å². The van der Waals surface area contributed by atoms with Crippen molar-refractivity contribution in [3.63, 3.8) is 0 Å². The second-order valence-corrected chi connectivity index (χ2v) is 4.63. The summed E-state index contributed by atoms with van der Waals surface area (Å²) < 4.78 is 5.14. The number of anilines is 1. The van der Waals surface area contributed by atoms with Crippen LogP contribution in [0.4, 0.5) is 5.69 Å². The molecule has 4 heteroatoms. The van der Waals surface area contributed by atoms with E-state index in [2.05, 4.69) is 24.8 Å². The van der Waals surface area contributed by atoms with Crippen molar-refractivity contribution in [3.05, 3.63) is 28.8 Å². The lowest BCUT2D eigenvalue weighted by Gasteiger charge is -2.31. The second-order valence-electron chi connectivity index (χ2n) is 4.22. The van der Waals surface area contributed by atoms with Gasteiger partial charge in [0, 0.05) is 42.5 Å². The number of rotatable bonds is 6. The Balaban J connectivity index is 3.04. The van der Waals surface area contributed by atoms with Crippen LogP contribution in [-0.2, 0) is 11.3 Å². The van der Waals surface area contributed by atoms with Gasteiger partial charge in [-0.05, 0) is 26.0 Å². The number of nitrogens with zero attached hydrogens (tertiary/aromatic N) is 1. The third kappa shape index (κ3) is 3.60. The van der Waals surface area contributed by atoms with Gasteiger partial charge in [-0.25, -0.2) is 0 Å². The molecule has 0 saturated heterocycles. The highest BCUT2D eigenvalue weighted by molar-refractivity contribution is 6.31. The fourth-order valence-electron chi connectivity index (χ4n) is 1.86. The molecule has 3 nitrogen and oxygen atoms in total. The maximum Gasteiger partial charge on any atom is 0.0637 e. The average molecular weight is 257 g/mol. The second kappa shape index (κ2) is 6.84. The number of hydrogen-bond donors (Lipinski definition) is 1. The Morgan fingerprint density at radius 1 is 1.41 bits per heavy atom. The highest BCUT2D eigenvalue weighted by Crippen LogP contribution is 2.28. The summed E-state index contributed by atoms with van der Waals surface area (Å²) in [5, 5.41) is 0.730. The molecule has 0 heterocycles. The third-order valence-electron chi connectivity index (χ3n) is 2.77. The first-order valence-corrected chi connectivity index (χ1v) is 6.22. The quantitative estimate of drug-likeness (QED) is 0.851. The minimum absolute atomic E-state index is 0.383. The topological polar surface area (TPSA) is 38.5 Å². The summed E-state index contributed by atoms with van der Waals surface area (Å²) in [5.41, 5.74) is 7.88. The third-order valence-corrected chi connectivity index (χ3v) is 3.12. The van der Waals surface area contributed by atoms with Crippen molar-refractivity contribution in [1.29, 1.82) is 0 Å². The molecule has 0 aliphatic carbocycles. The van der Waals surface area contributed by atoms with Gasteiger partial charge in [-0.1, -0.05) is 17.7 Å². The van der Waals surface area contributed by atoms with E-state index >= 15 is 0 Å². The fourth-order valence-corrected chi connectivity index (χ4v) is 2.11. The fraction of sp³-hybridized carbons (Fsp3) is 0.538. The summed E-state index contributed by atoms with van der Waals surface area (Å²) in [5.74, 6) is 0. The smallest absolute Gasteiger partial charge is 0.0637 e. The highest BCUT2D eigenvalue weighted by Gasteiger charge is 2.15. The van der Waals surface area contributed by atoms with Crippen molar-refractivity contribution in [2.24, 2.45) is 5.73 Å². The normalized spacial score (nSPS) is 10.9. The molecule has 0 aliphatic heterocycles. The van der Waals surface area contributed by atoms with Crippen molar-refractivity contribution in [1.82, 2.24) is 0 Å². The highest BCUT2D eigenvalue weighted by atomic mass is 35.5. The van der Waals surface area contributed by atoms with E-state index in [0.29, 0.717) is 19.2 Å². The van der Waals surface area contributed by atoms with Gasteiger partial charge in [-0.15, -0.1) is 0 Å². The van der Waals surface area contributed by atoms with Gasteiger partial charge in [0.1, 0.15) is 0 Å². The molecule has 1 rings (SSSR count). The van der Waals surface area contributed by atoms with Crippen LogP contribution in [0, 0.1) is 0 Å². The maximum atomic E-state index is 6.17. The molecular formula is C13H21ClN2O. The molecule has 0 radical (unpaired) electrons. The summed E-state index contributed by atoms with van der Waals surface area (Å²) in [7, 11) is 1.71. The molecule has 96 valence electrons. The van der Waals surface area contributed by atoms with Gasteiger partial charge in [-0.2, -0.15) is 0 Å². The number of ether oxygens (including phenoxy) is 1. The van der Waals surface area contributed by atoms with E-state index in [9.17, 15) is 0 Å². The maximum absolute atomic E-state index is 6.17. The molecule has 0 spiro atoms. The van der Waals surface area contributed by atoms with Gasteiger partial charge in [0.05, 0.1) is 6.61 Å². The molecule has 0 aromatic heterocycles. The van der Waals surface area contributed by atoms with Crippen LogP contribution in [0.2, 0.25) is 5.02 Å². The standard InChI is InChI=1S/C13H21ClN2O/c1-10(2)16(7-8-17-3)13-6-4-5-12(14)11(13)9-15/h4-6,10H,7-9,15H2,1-3H3. The molecule has 0 amide bonds. The van der Waals surface area contributed by atoms with E-state index in [1.54, 1.807) is 7.11 Å². The van der Waals surface area contributed by atoms with Crippen LogP contribution in [0.15, 0.2) is 18.2 Å². The van der Waals surface area contributed by atoms with Gasteiger partial charge in [0.2, 0.25) is 0 Å². The largest absolute Gasteiger partial charge is 0.383 e. The lowest BCUT2D eigenvalue weighted by atomic mass is 10.1. The van der Waals surface area contributed by atoms with E-state index in [1.165, 1.54) is 0 Å². The molecule has 0 fully saturated rings. The molecule has 0 aliphatic rings. The summed E-state index contributed by atoms with van der Waals surface area (Å²) in [4.78, 5) is 2.26. The molecule has 1 aromatic carbocycles. The Labute approximate surface area is 109 Å². The summed E-state index contributed by atoms with van der Waals surface area (Å²) in [6.07, 6.45) is 0. The monoisotopic (exact) mass is 256 g/mol. The molecule has 17 heavy (non-hydrogen) atoms. The predicted molar refractivity (Wildman–Crippen MR) is 73.7 cm³/mol. The summed E-state index contributed by atoms with van der Waals surface area (Å²) in [6, 6.07) is 6.28. The Morgan fingerprint density at radius 3 is 2.65 bits per heavy atom. The van der Waals surface area contributed by atoms with Crippen LogP contribution >= 0.6 is 11.6 Å². The minimum atomic E-state index is 0.383. The van der Waals surface area contributed by atoms with Crippen LogP contribution in [-0.4, -0.2) is 26.3 Å². The Hall–Kier alpha value is -0.770. The Bertz CT molecular complexity index is 355. The van der Waals surface area contributed by atoms with Crippen LogP contribution in [0.3, 0.4) is 0 Å². The lowest BCUT2D eigenvalue weighted by Crippen LogP contribution is -2.34. The minimum Gasteiger partial charge on any atom is -0.383 e. The van der Waals surface area contributed by atoms with Gasteiger partial charge in [0.25, 0.3) is 0 Å². The summed E-state index contributed by atoms with van der Waals surface area (Å²) in [6.45, 7) is 6.27. The summed E-state index contributed by atoms with van der Waals surface area (Å²) >= 11 is 6.17. The first-order valence-electron chi connectivity index (χ1n) is 5.84. The van der Waals surface area contributed by atoms with Crippen LogP contribution in [0.1, 0.15) is 19.4 Å². The molecule has 0 saturated carbocycles. The zero-order chi connectivity index (χ0) is 12.8. The molecule has 1 aromatic rings. The van der Waals surface area contributed by atoms with Crippen molar-refractivity contribution < 1.29 is 4.74 Å². The molecule has 2 N–H and O–H groups in total. The van der Waals surface area contributed by atoms with Crippen LogP contribution in [0.5, 0.6) is 0 Å². The van der Waals surface area contributed by atoms with Crippen LogP contribution < -0.4 is 10.6 Å². The average Bonchev–Trinajstić information content (AvgIpc) is 2.29. The zero-order valence-electron chi connectivity index (χ0n) is 10.7. The van der Waals surface area contributed by atoms with Crippen molar-refractivity contribution in [3.8, 4) is 0 Å². The zero-order valence-corrected chi connectivity index (χ0v) is 11.5. The van der Waals surface area contributed by atoms with E-state index in [4.69, 9.17) is 22.1 Å². The first kappa shape index (κ1) is 14.3. The molecule has 0 atom stereocenters. The van der Waals surface area contributed by atoms with Gasteiger partial charge >= 0.3 is 0 Å². The Morgan fingerprint density at radius 2 is 2.12 bits per heavy atom. The van der Waals surface area contributed by atoms with E-state index < -0.39 is 0 Å². The van der Waals surface area contributed by atoms with Crippen LogP contribution in [0.25, 0.3) is 0 Å². The molecular weight excluding hydrogens is 236 g/mol. The van der Waals surface area contributed by atoms with Crippen molar-refractivity contribution in [2.45, 2.75) is 26.4 Å². The van der Waals surface area contributed by atoms with E-state index in [-0.39, 0.29) is 0 Å². The number of nitrogens with two attached hydrogens (primary N) is 1. The first-order chi connectivity index (χ1) is 8.11.